The van der Waals surface area contributed by atoms with E-state index in [0.717, 1.165) is 0 Å². The molecule has 0 aliphatic rings. The Labute approximate surface area is 115 Å². The highest BCUT2D eigenvalue weighted by atomic mass is 16.5. The predicted octanol–water partition coefficient (Wildman–Crippen LogP) is 2.27. The first-order valence-electron chi connectivity index (χ1n) is 5.72. The Morgan fingerprint density at radius 1 is 1.05 bits per heavy atom. The molecule has 0 aromatic heterocycles. The van der Waals surface area contributed by atoms with Gasteiger partial charge in [0, 0.05) is 6.07 Å². The highest BCUT2D eigenvalue weighted by Gasteiger charge is 2.22. The average Bonchev–Trinajstić information content (AvgIpc) is 2.43. The molecule has 2 aromatic carbocycles. The Bertz CT molecular complexity index is 677. The molecular weight excluding hydrogens is 264 g/mol. The van der Waals surface area contributed by atoms with Crippen LogP contribution in [0.4, 0.5) is 0 Å². The van der Waals surface area contributed by atoms with E-state index >= 15 is 0 Å². The molecule has 2 aromatic rings. The van der Waals surface area contributed by atoms with E-state index in [1.54, 1.807) is 12.1 Å². The molecule has 0 aliphatic carbocycles. The third-order valence-electron chi connectivity index (χ3n) is 2.98. The largest absolute Gasteiger partial charge is 0.507 e. The quantitative estimate of drug-likeness (QED) is 0.892. The van der Waals surface area contributed by atoms with E-state index in [-0.39, 0.29) is 17.1 Å². The van der Waals surface area contributed by atoms with Gasteiger partial charge in [-0.25, -0.2) is 4.79 Å². The van der Waals surface area contributed by atoms with Gasteiger partial charge in [0.1, 0.15) is 28.6 Å². The Balaban J connectivity index is 2.95. The van der Waals surface area contributed by atoms with Crippen LogP contribution >= 0.6 is 0 Å². The fourth-order valence-corrected chi connectivity index (χ4v) is 2.12. The molecule has 6 nitrogen and oxygen atoms in total. The number of fused-ring (bicyclic) bond motifs is 1. The first kappa shape index (κ1) is 13.8. The maximum atomic E-state index is 11.3. The summed E-state index contributed by atoms with van der Waals surface area (Å²) >= 11 is 0. The second-order valence-electron chi connectivity index (χ2n) is 4.04. The van der Waals surface area contributed by atoms with E-state index in [9.17, 15) is 15.0 Å². The summed E-state index contributed by atoms with van der Waals surface area (Å²) in [5.41, 5.74) is -0.302. The van der Waals surface area contributed by atoms with E-state index in [4.69, 9.17) is 14.2 Å². The highest BCUT2D eigenvalue weighted by molar-refractivity contribution is 6.06. The van der Waals surface area contributed by atoms with Crippen molar-refractivity contribution in [2.75, 3.05) is 21.3 Å². The van der Waals surface area contributed by atoms with Crippen LogP contribution in [0.1, 0.15) is 10.4 Å². The topological polar surface area (TPSA) is 85.2 Å². The maximum Gasteiger partial charge on any atom is 0.343 e. The summed E-state index contributed by atoms with van der Waals surface area (Å²) < 4.78 is 15.5. The minimum absolute atomic E-state index is 0.0482. The van der Waals surface area contributed by atoms with E-state index < -0.39 is 5.97 Å². The summed E-state index contributed by atoms with van der Waals surface area (Å²) in [4.78, 5) is 11.3. The molecule has 0 aliphatic heterocycles. The first-order valence-corrected chi connectivity index (χ1v) is 5.72. The van der Waals surface area contributed by atoms with Crippen molar-refractivity contribution in [2.45, 2.75) is 0 Å². The molecule has 20 heavy (non-hydrogen) atoms. The van der Waals surface area contributed by atoms with Gasteiger partial charge in [-0.05, 0) is 17.5 Å². The molecule has 0 heterocycles. The van der Waals surface area contributed by atoms with Crippen LogP contribution < -0.4 is 14.2 Å². The van der Waals surface area contributed by atoms with Gasteiger partial charge < -0.3 is 24.4 Å². The third kappa shape index (κ3) is 2.05. The van der Waals surface area contributed by atoms with Crippen LogP contribution in [0.3, 0.4) is 0 Å². The Hall–Kier alpha value is -2.63. The number of hydrogen-bond donors (Lipinski definition) is 2. The zero-order valence-electron chi connectivity index (χ0n) is 11.3. The molecule has 0 radical (unpaired) electrons. The fourth-order valence-electron chi connectivity index (χ4n) is 2.12. The van der Waals surface area contributed by atoms with E-state index in [2.05, 4.69) is 0 Å². The van der Waals surface area contributed by atoms with Crippen LogP contribution in [0.5, 0.6) is 23.0 Å². The number of methoxy groups -OCH3 is 3. The molecule has 0 atom stereocenters. The number of hydrogen-bond acceptors (Lipinski definition) is 5. The molecule has 0 spiro atoms. The molecule has 6 heteroatoms. The van der Waals surface area contributed by atoms with Gasteiger partial charge in [0.25, 0.3) is 0 Å². The lowest BCUT2D eigenvalue weighted by Gasteiger charge is -2.15. The van der Waals surface area contributed by atoms with Crippen molar-refractivity contribution < 1.29 is 29.2 Å². The van der Waals surface area contributed by atoms with Gasteiger partial charge in [0.2, 0.25) is 0 Å². The molecule has 2 N–H and O–H groups in total. The zero-order valence-corrected chi connectivity index (χ0v) is 11.3. The highest BCUT2D eigenvalue weighted by Crippen LogP contribution is 2.43. The number of ether oxygens (including phenoxy) is 3. The van der Waals surface area contributed by atoms with Crippen molar-refractivity contribution in [1.82, 2.24) is 0 Å². The van der Waals surface area contributed by atoms with Gasteiger partial charge >= 0.3 is 5.97 Å². The first-order chi connectivity index (χ1) is 9.53. The molecule has 0 bridgehead atoms. The average molecular weight is 278 g/mol. The van der Waals surface area contributed by atoms with Crippen LogP contribution in [0.15, 0.2) is 18.2 Å². The van der Waals surface area contributed by atoms with Crippen LogP contribution in [-0.4, -0.2) is 37.5 Å². The van der Waals surface area contributed by atoms with Crippen molar-refractivity contribution in [2.24, 2.45) is 0 Å². The number of carboxylic acid groups (broad SMARTS) is 1. The van der Waals surface area contributed by atoms with Crippen LogP contribution in [0, 0.1) is 0 Å². The van der Waals surface area contributed by atoms with Crippen LogP contribution in [0.25, 0.3) is 10.8 Å². The van der Waals surface area contributed by atoms with Crippen molar-refractivity contribution in [3.63, 3.8) is 0 Å². The molecule has 0 saturated carbocycles. The Kier molecular flexibility index (Phi) is 3.56. The van der Waals surface area contributed by atoms with Crippen LogP contribution in [0.2, 0.25) is 0 Å². The fraction of sp³-hybridized carbons (Fsp3) is 0.214. The summed E-state index contributed by atoms with van der Waals surface area (Å²) in [6, 6.07) is 4.62. The maximum absolute atomic E-state index is 11.3. The minimum atomic E-state index is -1.28. The summed E-state index contributed by atoms with van der Waals surface area (Å²) in [6.07, 6.45) is 0. The second kappa shape index (κ2) is 5.16. The SMILES string of the molecule is COc1cc(OC)c2c(OC)c(C(=O)O)c(O)cc2c1. The normalized spacial score (nSPS) is 10.3. The van der Waals surface area contributed by atoms with E-state index in [1.807, 2.05) is 0 Å². The van der Waals surface area contributed by atoms with Gasteiger partial charge in [-0.3, -0.25) is 0 Å². The van der Waals surface area contributed by atoms with Crippen molar-refractivity contribution in [3.8, 4) is 23.0 Å². The summed E-state index contributed by atoms with van der Waals surface area (Å²) in [7, 11) is 4.30. The number of rotatable bonds is 4. The molecule has 0 fully saturated rings. The lowest BCUT2D eigenvalue weighted by atomic mass is 10.0. The number of carboxylic acids is 1. The van der Waals surface area contributed by atoms with E-state index in [0.29, 0.717) is 22.3 Å². The number of phenols is 1. The molecule has 106 valence electrons. The number of aromatic carboxylic acids is 1. The smallest absolute Gasteiger partial charge is 0.343 e. The Morgan fingerprint density at radius 2 is 1.75 bits per heavy atom. The third-order valence-corrected chi connectivity index (χ3v) is 2.98. The lowest BCUT2D eigenvalue weighted by molar-refractivity contribution is 0.0690. The lowest BCUT2D eigenvalue weighted by Crippen LogP contribution is -2.02. The van der Waals surface area contributed by atoms with Crippen molar-refractivity contribution in [3.05, 3.63) is 23.8 Å². The second-order valence-corrected chi connectivity index (χ2v) is 4.04. The minimum Gasteiger partial charge on any atom is -0.507 e. The van der Waals surface area contributed by atoms with E-state index in [1.165, 1.54) is 27.4 Å². The van der Waals surface area contributed by atoms with Gasteiger partial charge in [0.15, 0.2) is 0 Å². The number of benzene rings is 2. The van der Waals surface area contributed by atoms with Crippen molar-refractivity contribution >= 4 is 16.7 Å². The molecule has 0 saturated heterocycles. The van der Waals surface area contributed by atoms with Gasteiger partial charge in [0.05, 0.1) is 26.7 Å². The molecule has 0 unspecified atom stereocenters. The monoisotopic (exact) mass is 278 g/mol. The van der Waals surface area contributed by atoms with Gasteiger partial charge in [-0.15, -0.1) is 0 Å². The Morgan fingerprint density at radius 3 is 2.25 bits per heavy atom. The van der Waals surface area contributed by atoms with Crippen LogP contribution in [-0.2, 0) is 0 Å². The zero-order chi connectivity index (χ0) is 14.9. The molecule has 2 rings (SSSR count). The summed E-state index contributed by atoms with van der Waals surface area (Å²) in [5.74, 6) is -0.680. The standard InChI is InChI=1S/C14H14O6/c1-18-8-4-7-5-9(15)12(14(16)17)13(20-3)11(7)10(6-8)19-2/h4-6,15H,1-3H3,(H,16,17). The van der Waals surface area contributed by atoms with Gasteiger partial charge in [-0.1, -0.05) is 0 Å². The summed E-state index contributed by atoms with van der Waals surface area (Å²) in [5, 5.41) is 20.1. The molecular formula is C14H14O6. The number of aromatic hydroxyl groups is 1. The molecule has 0 amide bonds. The van der Waals surface area contributed by atoms with Gasteiger partial charge in [-0.2, -0.15) is 0 Å². The van der Waals surface area contributed by atoms with Crippen molar-refractivity contribution in [1.29, 1.82) is 0 Å². The number of carbonyl (C=O) groups is 1. The predicted molar refractivity (Wildman–Crippen MR) is 72.2 cm³/mol. The summed E-state index contributed by atoms with van der Waals surface area (Å²) in [6.45, 7) is 0.